The molecule has 0 bridgehead atoms. The van der Waals surface area contributed by atoms with Gasteiger partial charge in [-0.1, -0.05) is 31.2 Å². The average molecular weight is 480 g/mol. The van der Waals surface area contributed by atoms with E-state index in [1.54, 1.807) is 23.5 Å². The van der Waals surface area contributed by atoms with Crippen molar-refractivity contribution >= 4 is 41.4 Å². The van der Waals surface area contributed by atoms with Crippen molar-refractivity contribution in [2.45, 2.75) is 46.6 Å². The first-order valence-corrected chi connectivity index (χ1v) is 12.9. The molecule has 0 heterocycles. The van der Waals surface area contributed by atoms with Gasteiger partial charge in [0.15, 0.2) is 0 Å². The van der Waals surface area contributed by atoms with Crippen molar-refractivity contribution in [3.8, 4) is 0 Å². The number of benzene rings is 3. The fourth-order valence-corrected chi connectivity index (χ4v) is 5.78. The van der Waals surface area contributed by atoms with Crippen LogP contribution in [0.1, 0.15) is 43.2 Å². The van der Waals surface area contributed by atoms with Crippen molar-refractivity contribution < 1.29 is 14.0 Å². The Morgan fingerprint density at radius 3 is 2.21 bits per heavy atom. The van der Waals surface area contributed by atoms with Crippen LogP contribution in [0.5, 0.6) is 0 Å². The minimum absolute atomic E-state index is 0.0126. The summed E-state index contributed by atoms with van der Waals surface area (Å²) in [7, 11) is 0. The molecule has 1 N–H and O–H groups in total. The first kappa shape index (κ1) is 23.6. The Bertz CT molecular complexity index is 1090. The lowest BCUT2D eigenvalue weighted by molar-refractivity contribution is -0.119. The lowest BCUT2D eigenvalue weighted by Crippen LogP contribution is -2.21. The van der Waals surface area contributed by atoms with Gasteiger partial charge < -0.3 is 10.1 Å². The van der Waals surface area contributed by atoms with E-state index in [1.807, 2.05) is 60.7 Å². The molecule has 170 valence electrons. The van der Waals surface area contributed by atoms with Gasteiger partial charge in [-0.2, -0.15) is 0 Å². The van der Waals surface area contributed by atoms with E-state index in [2.05, 4.69) is 12.2 Å². The molecule has 3 nitrogen and oxygen atoms in total. The van der Waals surface area contributed by atoms with Gasteiger partial charge in [0.25, 0.3) is 0 Å². The quantitative estimate of drug-likeness (QED) is 0.250. The van der Waals surface area contributed by atoms with Crippen LogP contribution in [0.15, 0.2) is 82.6 Å². The molecule has 3 aromatic rings. The minimum Gasteiger partial charge on any atom is -0.326 e. The Kier molecular flexibility index (Phi) is 7.56. The van der Waals surface area contributed by atoms with Crippen LogP contribution in [-0.2, 0) is 14.3 Å². The number of rotatable bonds is 10. The molecule has 0 spiro atoms. The number of hydrogen-bond acceptors (Lipinski definition) is 4. The number of thioether (sulfide) groups is 2. The normalized spacial score (nSPS) is 15.0. The van der Waals surface area contributed by atoms with Crippen molar-refractivity contribution in [1.82, 2.24) is 0 Å². The summed E-state index contributed by atoms with van der Waals surface area (Å²) < 4.78 is 13.2. The number of hydrogen-bond donors (Lipinski definition) is 1. The molecule has 0 aliphatic heterocycles. The third-order valence-corrected chi connectivity index (χ3v) is 8.19. The molecule has 1 amide bonds. The smallest absolute Gasteiger partial charge is 0.232 e. The first-order valence-electron chi connectivity index (χ1n) is 11.1. The van der Waals surface area contributed by atoms with Gasteiger partial charge in [-0.05, 0) is 78.3 Å². The second-order valence-electron chi connectivity index (χ2n) is 8.07. The van der Waals surface area contributed by atoms with Gasteiger partial charge >= 0.3 is 0 Å². The summed E-state index contributed by atoms with van der Waals surface area (Å²) in [4.78, 5) is 26.4. The zero-order valence-electron chi connectivity index (χ0n) is 18.4. The Hall–Kier alpha value is -2.57. The number of halogens is 1. The zero-order chi connectivity index (χ0) is 23.3. The molecule has 1 aliphatic carbocycles. The summed E-state index contributed by atoms with van der Waals surface area (Å²) >= 11 is 3.50. The second-order valence-corrected chi connectivity index (χ2v) is 10.9. The van der Waals surface area contributed by atoms with Gasteiger partial charge in [-0.15, -0.1) is 23.5 Å². The molecular weight excluding hydrogens is 453 g/mol. The lowest BCUT2D eigenvalue weighted by atomic mass is 9.95. The van der Waals surface area contributed by atoms with E-state index in [-0.39, 0.29) is 22.9 Å². The summed E-state index contributed by atoms with van der Waals surface area (Å²) in [5.41, 5.74) is 2.74. The SMILES string of the molecule is CCSc1ccc(C(CC=O)C(=O)Nc2ccc(C3(Sc4ccc(F)cc4)CC3)cc2)cc1. The highest BCUT2D eigenvalue weighted by Crippen LogP contribution is 2.59. The topological polar surface area (TPSA) is 46.2 Å². The predicted octanol–water partition coefficient (Wildman–Crippen LogP) is 7.03. The van der Waals surface area contributed by atoms with E-state index in [4.69, 9.17) is 0 Å². The first-order chi connectivity index (χ1) is 16.0. The average Bonchev–Trinajstić information content (AvgIpc) is 3.61. The van der Waals surface area contributed by atoms with Crippen LogP contribution in [-0.4, -0.2) is 17.9 Å². The third kappa shape index (κ3) is 5.87. The minimum atomic E-state index is -0.522. The number of aldehydes is 1. The van der Waals surface area contributed by atoms with Gasteiger partial charge in [0.05, 0.1) is 5.92 Å². The van der Waals surface area contributed by atoms with Crippen molar-refractivity contribution in [3.05, 3.63) is 89.7 Å². The highest BCUT2D eigenvalue weighted by Gasteiger charge is 2.45. The highest BCUT2D eigenvalue weighted by atomic mass is 32.2. The maximum absolute atomic E-state index is 13.2. The Labute approximate surface area is 202 Å². The van der Waals surface area contributed by atoms with E-state index in [9.17, 15) is 14.0 Å². The summed E-state index contributed by atoms with van der Waals surface area (Å²) in [5, 5.41) is 2.97. The standard InChI is InChI=1S/C27H26FNO2S2/c1-2-32-23-11-3-19(4-12-23)25(15-18-30)26(31)29-22-9-5-20(6-10-22)27(16-17-27)33-24-13-7-21(28)8-14-24/h3-14,18,25H,2,15-17H2,1H3,(H,29,31). The summed E-state index contributed by atoms with van der Waals surface area (Å²) in [6.07, 6.45) is 3.07. The number of carbonyl (C=O) groups is 2. The second kappa shape index (κ2) is 10.6. The van der Waals surface area contributed by atoms with Crippen molar-refractivity contribution in [2.75, 3.05) is 11.1 Å². The van der Waals surface area contributed by atoms with E-state index in [1.165, 1.54) is 17.7 Å². The largest absolute Gasteiger partial charge is 0.326 e. The van der Waals surface area contributed by atoms with Crippen LogP contribution in [0.2, 0.25) is 0 Å². The van der Waals surface area contributed by atoms with E-state index < -0.39 is 5.92 Å². The summed E-state index contributed by atoms with van der Waals surface area (Å²) in [6.45, 7) is 2.10. The molecule has 4 rings (SSSR count). The molecule has 1 atom stereocenters. The van der Waals surface area contributed by atoms with E-state index in [0.29, 0.717) is 5.69 Å². The highest BCUT2D eigenvalue weighted by molar-refractivity contribution is 8.00. The molecule has 1 fully saturated rings. The predicted molar refractivity (Wildman–Crippen MR) is 135 cm³/mol. The lowest BCUT2D eigenvalue weighted by Gasteiger charge is -2.18. The van der Waals surface area contributed by atoms with Crippen LogP contribution in [0.25, 0.3) is 0 Å². The third-order valence-electron chi connectivity index (χ3n) is 5.75. The zero-order valence-corrected chi connectivity index (χ0v) is 20.1. The molecule has 3 aromatic carbocycles. The molecule has 0 radical (unpaired) electrons. The van der Waals surface area contributed by atoms with E-state index >= 15 is 0 Å². The van der Waals surface area contributed by atoms with Gasteiger partial charge in [-0.25, -0.2) is 4.39 Å². The van der Waals surface area contributed by atoms with Gasteiger partial charge in [0, 0.05) is 26.6 Å². The van der Waals surface area contributed by atoms with Crippen molar-refractivity contribution in [1.29, 1.82) is 0 Å². The molecule has 6 heteroatoms. The van der Waals surface area contributed by atoms with E-state index in [0.717, 1.165) is 40.2 Å². The Morgan fingerprint density at radius 2 is 1.64 bits per heavy atom. The molecule has 1 aliphatic rings. The van der Waals surface area contributed by atoms with Crippen molar-refractivity contribution in [2.24, 2.45) is 0 Å². The number of anilines is 1. The fourth-order valence-electron chi connectivity index (χ4n) is 3.83. The van der Waals surface area contributed by atoms with Gasteiger partial charge in [0.2, 0.25) is 5.91 Å². The maximum atomic E-state index is 13.2. The molecule has 0 aromatic heterocycles. The molecule has 0 saturated heterocycles. The van der Waals surface area contributed by atoms with Crippen LogP contribution in [0.3, 0.4) is 0 Å². The molecular formula is C27H26FNO2S2. The van der Waals surface area contributed by atoms with Crippen LogP contribution >= 0.6 is 23.5 Å². The summed E-state index contributed by atoms with van der Waals surface area (Å²) in [6, 6.07) is 22.4. The van der Waals surface area contributed by atoms with Gasteiger partial charge in [0.1, 0.15) is 12.1 Å². The Morgan fingerprint density at radius 1 is 1.00 bits per heavy atom. The van der Waals surface area contributed by atoms with Gasteiger partial charge in [-0.3, -0.25) is 4.79 Å². The number of carbonyl (C=O) groups excluding carboxylic acids is 2. The fraction of sp³-hybridized carbons (Fsp3) is 0.259. The summed E-state index contributed by atoms with van der Waals surface area (Å²) in [5.74, 6) is 0.0456. The van der Waals surface area contributed by atoms with Crippen molar-refractivity contribution in [3.63, 3.8) is 0 Å². The molecule has 33 heavy (non-hydrogen) atoms. The van der Waals surface area contributed by atoms with Crippen LogP contribution in [0.4, 0.5) is 10.1 Å². The Balaban J connectivity index is 1.43. The monoisotopic (exact) mass is 479 g/mol. The number of amides is 1. The molecule has 1 saturated carbocycles. The number of nitrogens with one attached hydrogen (secondary N) is 1. The maximum Gasteiger partial charge on any atom is 0.232 e. The van der Waals surface area contributed by atoms with Crippen LogP contribution < -0.4 is 5.32 Å². The molecule has 1 unspecified atom stereocenters. The van der Waals surface area contributed by atoms with Crippen LogP contribution in [0, 0.1) is 5.82 Å².